The predicted molar refractivity (Wildman–Crippen MR) is 77.5 cm³/mol. The van der Waals surface area contributed by atoms with Gasteiger partial charge in [-0.1, -0.05) is 38.1 Å². The van der Waals surface area contributed by atoms with Crippen molar-refractivity contribution >= 4 is 12.0 Å². The van der Waals surface area contributed by atoms with Crippen molar-refractivity contribution in [2.24, 2.45) is 5.92 Å². The van der Waals surface area contributed by atoms with E-state index in [2.05, 4.69) is 12.2 Å². The molecule has 0 spiro atoms. The van der Waals surface area contributed by atoms with Crippen LogP contribution >= 0.6 is 0 Å². The highest BCUT2D eigenvalue weighted by atomic mass is 16.4. The Hall–Kier alpha value is -2.04. The normalized spacial score (nSPS) is 11.8. The number of carboxylic acid groups (broad SMARTS) is 1. The lowest BCUT2D eigenvalue weighted by atomic mass is 10.1. The molecule has 20 heavy (non-hydrogen) atoms. The lowest BCUT2D eigenvalue weighted by molar-refractivity contribution is -0.141. The summed E-state index contributed by atoms with van der Waals surface area (Å²) in [5.74, 6) is -1.48. The molecule has 0 heterocycles. The van der Waals surface area contributed by atoms with Crippen LogP contribution in [0.4, 0.5) is 4.79 Å². The Labute approximate surface area is 119 Å². The van der Waals surface area contributed by atoms with E-state index in [1.165, 1.54) is 10.5 Å². The average molecular weight is 278 g/mol. The third-order valence-electron chi connectivity index (χ3n) is 3.19. The second-order valence-corrected chi connectivity index (χ2v) is 4.95. The highest BCUT2D eigenvalue weighted by molar-refractivity contribution is 5.75. The Morgan fingerprint density at radius 2 is 1.80 bits per heavy atom. The number of aryl methyl sites for hydroxylation is 1. The molecule has 1 atom stereocenters. The summed E-state index contributed by atoms with van der Waals surface area (Å²) in [6.07, 6.45) is 0.989. The van der Waals surface area contributed by atoms with Gasteiger partial charge < -0.3 is 15.3 Å². The highest BCUT2D eigenvalue weighted by Gasteiger charge is 2.16. The first-order valence-electron chi connectivity index (χ1n) is 6.73. The van der Waals surface area contributed by atoms with Crippen molar-refractivity contribution in [2.45, 2.75) is 26.8 Å². The van der Waals surface area contributed by atoms with Gasteiger partial charge in [0.15, 0.2) is 0 Å². The van der Waals surface area contributed by atoms with Crippen molar-refractivity contribution < 1.29 is 14.7 Å². The van der Waals surface area contributed by atoms with E-state index in [4.69, 9.17) is 5.11 Å². The van der Waals surface area contributed by atoms with Gasteiger partial charge in [0.1, 0.15) is 0 Å². The first-order valence-corrected chi connectivity index (χ1v) is 6.73. The Kier molecular flexibility index (Phi) is 6.03. The molecule has 1 aromatic carbocycles. The van der Waals surface area contributed by atoms with Crippen molar-refractivity contribution in [3.63, 3.8) is 0 Å². The maximum Gasteiger partial charge on any atom is 0.317 e. The number of carboxylic acids is 1. The van der Waals surface area contributed by atoms with Gasteiger partial charge in [0, 0.05) is 20.1 Å². The second kappa shape index (κ2) is 7.53. The maximum absolute atomic E-state index is 11.8. The molecule has 1 unspecified atom stereocenters. The van der Waals surface area contributed by atoms with Crippen LogP contribution in [0, 0.1) is 5.92 Å². The van der Waals surface area contributed by atoms with E-state index in [0.29, 0.717) is 6.54 Å². The van der Waals surface area contributed by atoms with Crippen molar-refractivity contribution in [1.82, 2.24) is 10.2 Å². The zero-order valence-corrected chi connectivity index (χ0v) is 12.2. The van der Waals surface area contributed by atoms with Gasteiger partial charge in [0.05, 0.1) is 5.92 Å². The van der Waals surface area contributed by atoms with Gasteiger partial charge in [-0.2, -0.15) is 0 Å². The Morgan fingerprint density at radius 1 is 1.25 bits per heavy atom. The van der Waals surface area contributed by atoms with Gasteiger partial charge >= 0.3 is 12.0 Å². The van der Waals surface area contributed by atoms with E-state index in [9.17, 15) is 9.59 Å². The van der Waals surface area contributed by atoms with Crippen LogP contribution in [0.3, 0.4) is 0 Å². The van der Waals surface area contributed by atoms with Crippen LogP contribution in [0.2, 0.25) is 0 Å². The third-order valence-corrected chi connectivity index (χ3v) is 3.19. The molecule has 5 nitrogen and oxygen atoms in total. The van der Waals surface area contributed by atoms with Gasteiger partial charge in [0.25, 0.3) is 0 Å². The van der Waals surface area contributed by atoms with Crippen LogP contribution < -0.4 is 5.32 Å². The fourth-order valence-electron chi connectivity index (χ4n) is 1.78. The monoisotopic (exact) mass is 278 g/mol. The third kappa shape index (κ3) is 4.91. The summed E-state index contributed by atoms with van der Waals surface area (Å²) < 4.78 is 0. The first-order chi connectivity index (χ1) is 9.43. The molecule has 2 N–H and O–H groups in total. The molecule has 0 aliphatic carbocycles. The Balaban J connectivity index is 2.43. The summed E-state index contributed by atoms with van der Waals surface area (Å²) in [5.41, 5.74) is 2.28. The van der Waals surface area contributed by atoms with Crippen LogP contribution in [0.25, 0.3) is 0 Å². The molecule has 0 aromatic heterocycles. The number of carbonyl (C=O) groups excluding carboxylic acids is 1. The minimum Gasteiger partial charge on any atom is -0.481 e. The van der Waals surface area contributed by atoms with E-state index in [1.807, 2.05) is 24.3 Å². The molecule has 2 amide bonds. The predicted octanol–water partition coefficient (Wildman–Crippen LogP) is 2.11. The van der Waals surface area contributed by atoms with E-state index in [1.54, 1.807) is 14.0 Å². The van der Waals surface area contributed by atoms with Gasteiger partial charge in [-0.3, -0.25) is 4.79 Å². The van der Waals surface area contributed by atoms with Crippen LogP contribution in [-0.2, 0) is 17.8 Å². The van der Waals surface area contributed by atoms with E-state index >= 15 is 0 Å². The topological polar surface area (TPSA) is 69.6 Å². The lowest BCUT2D eigenvalue weighted by Crippen LogP contribution is -2.40. The maximum atomic E-state index is 11.8. The highest BCUT2D eigenvalue weighted by Crippen LogP contribution is 2.05. The summed E-state index contributed by atoms with van der Waals surface area (Å²) in [6, 6.07) is 7.78. The molecule has 0 aliphatic rings. The van der Waals surface area contributed by atoms with Crippen LogP contribution in [0.15, 0.2) is 24.3 Å². The molecular formula is C15H22N2O3. The quantitative estimate of drug-likeness (QED) is 0.837. The van der Waals surface area contributed by atoms with Crippen LogP contribution in [0.1, 0.15) is 25.0 Å². The van der Waals surface area contributed by atoms with Gasteiger partial charge in [0.2, 0.25) is 0 Å². The number of rotatable bonds is 6. The molecule has 0 aliphatic heterocycles. The minimum absolute atomic E-state index is 0.190. The fourth-order valence-corrected chi connectivity index (χ4v) is 1.78. The number of carbonyl (C=O) groups is 2. The molecule has 110 valence electrons. The van der Waals surface area contributed by atoms with Crippen LogP contribution in [-0.4, -0.2) is 35.6 Å². The number of nitrogens with one attached hydrogen (secondary N) is 1. The van der Waals surface area contributed by atoms with Crippen molar-refractivity contribution in [3.05, 3.63) is 35.4 Å². The zero-order valence-electron chi connectivity index (χ0n) is 12.2. The minimum atomic E-state index is -0.903. The smallest absolute Gasteiger partial charge is 0.317 e. The zero-order chi connectivity index (χ0) is 15.1. The Bertz CT molecular complexity index is 457. The van der Waals surface area contributed by atoms with Crippen molar-refractivity contribution in [3.8, 4) is 0 Å². The molecule has 1 aromatic rings. The molecule has 0 fully saturated rings. The van der Waals surface area contributed by atoms with Gasteiger partial charge in [-0.05, 0) is 17.5 Å². The molecular weight excluding hydrogens is 256 g/mol. The van der Waals surface area contributed by atoms with Gasteiger partial charge in [-0.15, -0.1) is 0 Å². The molecule has 0 saturated heterocycles. The van der Waals surface area contributed by atoms with Crippen molar-refractivity contribution in [1.29, 1.82) is 0 Å². The van der Waals surface area contributed by atoms with Crippen LogP contribution in [0.5, 0.6) is 0 Å². The van der Waals surface area contributed by atoms with Crippen molar-refractivity contribution in [2.75, 3.05) is 13.6 Å². The average Bonchev–Trinajstić information content (AvgIpc) is 2.44. The summed E-state index contributed by atoms with van der Waals surface area (Å²) in [4.78, 5) is 23.9. The van der Waals surface area contributed by atoms with E-state index < -0.39 is 11.9 Å². The second-order valence-electron chi connectivity index (χ2n) is 4.95. The standard InChI is InChI=1S/C15H22N2O3/c1-4-12-5-7-13(8-6-12)9-16-15(20)17(3)10-11(2)14(18)19/h5-8,11H,4,9-10H2,1-3H3,(H,16,20)(H,18,19). The summed E-state index contributed by atoms with van der Waals surface area (Å²) in [6.45, 7) is 4.30. The molecule has 0 radical (unpaired) electrons. The molecule has 1 rings (SSSR count). The lowest BCUT2D eigenvalue weighted by Gasteiger charge is -2.20. The number of nitrogens with zero attached hydrogens (tertiary/aromatic N) is 1. The number of amides is 2. The van der Waals surface area contributed by atoms with E-state index in [0.717, 1.165) is 12.0 Å². The van der Waals surface area contributed by atoms with Gasteiger partial charge in [-0.25, -0.2) is 4.79 Å². The largest absolute Gasteiger partial charge is 0.481 e. The SMILES string of the molecule is CCc1ccc(CNC(=O)N(C)CC(C)C(=O)O)cc1. The number of hydrogen-bond acceptors (Lipinski definition) is 2. The van der Waals surface area contributed by atoms with E-state index in [-0.39, 0.29) is 12.6 Å². The first kappa shape index (κ1) is 16.0. The molecule has 5 heteroatoms. The summed E-state index contributed by atoms with van der Waals surface area (Å²) in [7, 11) is 1.59. The summed E-state index contributed by atoms with van der Waals surface area (Å²) >= 11 is 0. The number of benzene rings is 1. The fraction of sp³-hybridized carbons (Fsp3) is 0.467. The number of hydrogen-bond donors (Lipinski definition) is 2. The molecule has 0 saturated carbocycles. The summed E-state index contributed by atoms with van der Waals surface area (Å²) in [5, 5.41) is 11.6. The molecule has 0 bridgehead atoms. The Morgan fingerprint density at radius 3 is 2.30 bits per heavy atom. The number of urea groups is 1. The number of aliphatic carboxylic acids is 1.